The standard InChI is InChI=1S/C22H28ClN3O7/c1-12-9-25(10-13(2)32-12)18-15(21-29-6-7-30-21)8-16-19(17(18)23)33-24-20(16)26-14(4-3-5-27)11-31-22(26)28/h8,12-14,21,27H,3-7,9-11H2,1-2H3/t12-,13-,14+/m1/s1. The molecule has 0 radical (unpaired) electrons. The first-order valence-electron chi connectivity index (χ1n) is 11.3. The SMILES string of the molecule is C[C@@H]1CN(c2c(C3OCCO3)cc3c(N4C(=O)OC[C@@H]4CCCO)noc3c2Cl)C[C@@H](C)O1. The molecule has 3 fully saturated rings. The fourth-order valence-electron chi connectivity index (χ4n) is 4.87. The van der Waals surface area contributed by atoms with E-state index in [1.165, 1.54) is 4.90 Å². The highest BCUT2D eigenvalue weighted by Gasteiger charge is 2.39. The Bertz CT molecular complexity index is 1020. The maximum atomic E-state index is 12.6. The van der Waals surface area contributed by atoms with Gasteiger partial charge in [0.25, 0.3) is 0 Å². The number of hydrogen-bond acceptors (Lipinski definition) is 9. The number of amides is 1. The average Bonchev–Trinajstić information content (AvgIpc) is 3.51. The van der Waals surface area contributed by atoms with Crippen molar-refractivity contribution in [1.82, 2.24) is 5.16 Å². The number of carbonyl (C=O) groups is 1. The van der Waals surface area contributed by atoms with Crippen LogP contribution in [0.25, 0.3) is 11.0 Å². The Labute approximate surface area is 196 Å². The van der Waals surface area contributed by atoms with Gasteiger partial charge in [0.2, 0.25) is 0 Å². The molecule has 2 aromatic rings. The van der Waals surface area contributed by atoms with Gasteiger partial charge in [-0.1, -0.05) is 16.8 Å². The molecule has 0 spiro atoms. The van der Waals surface area contributed by atoms with Crippen molar-refractivity contribution < 1.29 is 33.4 Å². The van der Waals surface area contributed by atoms with Crippen LogP contribution >= 0.6 is 11.6 Å². The number of morpholine rings is 1. The Morgan fingerprint density at radius 2 is 1.94 bits per heavy atom. The number of hydrogen-bond donors (Lipinski definition) is 1. The van der Waals surface area contributed by atoms with Gasteiger partial charge < -0.3 is 33.5 Å². The van der Waals surface area contributed by atoms with Gasteiger partial charge in [-0.3, -0.25) is 4.90 Å². The third-order valence-corrected chi connectivity index (χ3v) is 6.54. The molecule has 3 saturated heterocycles. The zero-order chi connectivity index (χ0) is 23.1. The lowest BCUT2D eigenvalue weighted by atomic mass is 10.0. The summed E-state index contributed by atoms with van der Waals surface area (Å²) >= 11 is 6.94. The van der Waals surface area contributed by atoms with Crippen molar-refractivity contribution in [2.24, 2.45) is 0 Å². The van der Waals surface area contributed by atoms with E-state index in [-0.39, 0.29) is 31.5 Å². The van der Waals surface area contributed by atoms with Crippen LogP contribution < -0.4 is 9.80 Å². The Morgan fingerprint density at radius 1 is 1.21 bits per heavy atom. The molecule has 0 aliphatic carbocycles. The zero-order valence-corrected chi connectivity index (χ0v) is 19.4. The molecule has 11 heteroatoms. The molecule has 33 heavy (non-hydrogen) atoms. The number of carbonyl (C=O) groups excluding carboxylic acids is 1. The van der Waals surface area contributed by atoms with Crippen LogP contribution in [0.1, 0.15) is 38.5 Å². The molecule has 1 aromatic heterocycles. The number of rotatable bonds is 6. The number of halogens is 1. The molecule has 0 unspecified atom stereocenters. The number of anilines is 2. The number of nitrogens with zero attached hydrogens (tertiary/aromatic N) is 3. The summed E-state index contributed by atoms with van der Waals surface area (Å²) < 4.78 is 28.5. The van der Waals surface area contributed by atoms with E-state index in [0.29, 0.717) is 61.0 Å². The summed E-state index contributed by atoms with van der Waals surface area (Å²) in [6, 6.07) is 1.64. The van der Waals surface area contributed by atoms with Gasteiger partial charge in [0.15, 0.2) is 17.7 Å². The Hall–Kier alpha value is -2.11. The Morgan fingerprint density at radius 3 is 2.64 bits per heavy atom. The van der Waals surface area contributed by atoms with E-state index < -0.39 is 12.4 Å². The van der Waals surface area contributed by atoms with Gasteiger partial charge in [-0.25, -0.2) is 4.79 Å². The van der Waals surface area contributed by atoms with E-state index in [4.69, 9.17) is 35.1 Å². The van der Waals surface area contributed by atoms with Gasteiger partial charge in [0.05, 0.1) is 42.5 Å². The summed E-state index contributed by atoms with van der Waals surface area (Å²) in [5, 5.41) is 14.4. The second-order valence-corrected chi connectivity index (χ2v) is 9.09. The maximum absolute atomic E-state index is 12.6. The second kappa shape index (κ2) is 9.27. The van der Waals surface area contributed by atoms with E-state index in [2.05, 4.69) is 10.1 Å². The summed E-state index contributed by atoms with van der Waals surface area (Å²) in [6.45, 7) is 6.57. The van der Waals surface area contributed by atoms with Gasteiger partial charge in [0.1, 0.15) is 11.6 Å². The zero-order valence-electron chi connectivity index (χ0n) is 18.7. The quantitative estimate of drug-likeness (QED) is 0.665. The van der Waals surface area contributed by atoms with Gasteiger partial charge in [0, 0.05) is 25.3 Å². The van der Waals surface area contributed by atoms with Crippen molar-refractivity contribution in [1.29, 1.82) is 0 Å². The average molecular weight is 482 g/mol. The van der Waals surface area contributed by atoms with Gasteiger partial charge in [-0.2, -0.15) is 0 Å². The predicted octanol–water partition coefficient (Wildman–Crippen LogP) is 3.24. The lowest BCUT2D eigenvalue weighted by molar-refractivity contribution is -0.0443. The number of aliphatic hydroxyl groups excluding tert-OH is 1. The molecule has 180 valence electrons. The van der Waals surface area contributed by atoms with Crippen molar-refractivity contribution in [3.05, 3.63) is 16.7 Å². The van der Waals surface area contributed by atoms with Crippen molar-refractivity contribution in [2.45, 2.75) is 51.2 Å². The van der Waals surface area contributed by atoms with Gasteiger partial charge in [-0.05, 0) is 32.8 Å². The minimum Gasteiger partial charge on any atom is -0.447 e. The number of aromatic nitrogens is 1. The topological polar surface area (TPSA) is 107 Å². The summed E-state index contributed by atoms with van der Waals surface area (Å²) in [4.78, 5) is 16.2. The Kier molecular flexibility index (Phi) is 6.37. The van der Waals surface area contributed by atoms with Crippen LogP contribution in [-0.4, -0.2) is 74.1 Å². The summed E-state index contributed by atoms with van der Waals surface area (Å²) in [5.74, 6) is 0.340. The summed E-state index contributed by atoms with van der Waals surface area (Å²) in [6.07, 6.45) is 0.0773. The van der Waals surface area contributed by atoms with E-state index >= 15 is 0 Å². The van der Waals surface area contributed by atoms with E-state index in [1.807, 2.05) is 19.9 Å². The highest BCUT2D eigenvalue weighted by atomic mass is 35.5. The van der Waals surface area contributed by atoms with Crippen LogP contribution in [-0.2, 0) is 18.9 Å². The van der Waals surface area contributed by atoms with Crippen molar-refractivity contribution in [2.75, 3.05) is 49.3 Å². The van der Waals surface area contributed by atoms with E-state index in [1.54, 1.807) is 0 Å². The molecule has 1 aromatic carbocycles. The van der Waals surface area contributed by atoms with Crippen LogP contribution in [0.4, 0.5) is 16.3 Å². The third kappa shape index (κ3) is 4.15. The smallest absolute Gasteiger partial charge is 0.416 e. The Balaban J connectivity index is 1.62. The number of cyclic esters (lactones) is 1. The molecule has 3 aliphatic rings. The van der Waals surface area contributed by atoms with Crippen molar-refractivity contribution >= 4 is 40.2 Å². The normalized spacial score (nSPS) is 26.5. The lowest BCUT2D eigenvalue weighted by Gasteiger charge is -2.38. The predicted molar refractivity (Wildman–Crippen MR) is 120 cm³/mol. The van der Waals surface area contributed by atoms with E-state index in [0.717, 1.165) is 11.3 Å². The first-order valence-corrected chi connectivity index (χ1v) is 11.7. The van der Waals surface area contributed by atoms with E-state index in [9.17, 15) is 9.90 Å². The molecule has 0 saturated carbocycles. The monoisotopic (exact) mass is 481 g/mol. The molecule has 10 nitrogen and oxygen atoms in total. The first-order chi connectivity index (χ1) is 16.0. The largest absolute Gasteiger partial charge is 0.447 e. The number of benzene rings is 1. The highest BCUT2D eigenvalue weighted by Crippen LogP contribution is 2.45. The van der Waals surface area contributed by atoms with Crippen LogP contribution in [0, 0.1) is 0 Å². The van der Waals surface area contributed by atoms with Gasteiger partial charge in [-0.15, -0.1) is 0 Å². The fraction of sp³-hybridized carbons (Fsp3) is 0.636. The summed E-state index contributed by atoms with van der Waals surface area (Å²) in [7, 11) is 0. The van der Waals surface area contributed by atoms with Crippen molar-refractivity contribution in [3.8, 4) is 0 Å². The molecule has 1 amide bonds. The molecule has 3 aliphatic heterocycles. The molecule has 5 rings (SSSR count). The van der Waals surface area contributed by atoms with Gasteiger partial charge >= 0.3 is 6.09 Å². The second-order valence-electron chi connectivity index (χ2n) is 8.71. The minimum absolute atomic E-state index is 0.0238. The third-order valence-electron chi connectivity index (χ3n) is 6.19. The molecule has 0 bridgehead atoms. The molecular weight excluding hydrogens is 454 g/mol. The van der Waals surface area contributed by atoms with Crippen molar-refractivity contribution in [3.63, 3.8) is 0 Å². The van der Waals surface area contributed by atoms with Crippen LogP contribution in [0.15, 0.2) is 10.6 Å². The molecule has 4 heterocycles. The van der Waals surface area contributed by atoms with Crippen LogP contribution in [0.3, 0.4) is 0 Å². The number of aliphatic hydroxyl groups is 1. The van der Waals surface area contributed by atoms with Crippen LogP contribution in [0.2, 0.25) is 5.02 Å². The number of fused-ring (bicyclic) bond motifs is 1. The molecule has 1 N–H and O–H groups in total. The summed E-state index contributed by atoms with van der Waals surface area (Å²) in [5.41, 5.74) is 1.91. The fourth-order valence-corrected chi connectivity index (χ4v) is 5.23. The molecule has 3 atom stereocenters. The van der Waals surface area contributed by atoms with Crippen LogP contribution in [0.5, 0.6) is 0 Å². The lowest BCUT2D eigenvalue weighted by Crippen LogP contribution is -2.46. The minimum atomic E-state index is -0.589. The highest BCUT2D eigenvalue weighted by molar-refractivity contribution is 6.38. The maximum Gasteiger partial charge on any atom is 0.416 e. The first kappa shape index (κ1) is 22.7. The molecular formula is C22H28ClN3O7. The number of ether oxygens (including phenoxy) is 4.